The molecule has 3 N–H and O–H groups in total. The van der Waals surface area contributed by atoms with E-state index in [9.17, 15) is 14.4 Å². The number of hydrogen-bond acceptors (Lipinski definition) is 7. The first-order valence-electron chi connectivity index (χ1n) is 14.8. The van der Waals surface area contributed by atoms with Crippen LogP contribution in [0.5, 0.6) is 11.5 Å². The van der Waals surface area contributed by atoms with E-state index in [-0.39, 0.29) is 17.4 Å². The van der Waals surface area contributed by atoms with Crippen molar-refractivity contribution in [1.82, 2.24) is 5.32 Å². The van der Waals surface area contributed by atoms with Crippen molar-refractivity contribution in [2.24, 2.45) is 0 Å². The molecule has 0 saturated heterocycles. The van der Waals surface area contributed by atoms with E-state index in [0.717, 1.165) is 16.2 Å². The first-order valence-corrected chi connectivity index (χ1v) is 15.8. The first kappa shape index (κ1) is 32.6. The fourth-order valence-corrected chi connectivity index (χ4v) is 5.19. The van der Waals surface area contributed by atoms with Crippen molar-refractivity contribution in [2.75, 3.05) is 30.1 Å². The van der Waals surface area contributed by atoms with E-state index in [4.69, 9.17) is 13.9 Å². The van der Waals surface area contributed by atoms with Crippen LogP contribution in [0.2, 0.25) is 0 Å². The van der Waals surface area contributed by atoms with Crippen molar-refractivity contribution in [3.05, 3.63) is 132 Å². The lowest BCUT2D eigenvalue weighted by atomic mass is 10.1. The molecule has 9 nitrogen and oxygen atoms in total. The molecule has 5 rings (SSSR count). The van der Waals surface area contributed by atoms with E-state index < -0.39 is 11.8 Å². The van der Waals surface area contributed by atoms with Crippen LogP contribution in [0.25, 0.3) is 17.4 Å². The molecule has 0 bridgehead atoms. The number of ether oxygens (including phenoxy) is 2. The maximum atomic E-state index is 13.5. The van der Waals surface area contributed by atoms with Crippen molar-refractivity contribution in [2.45, 2.75) is 11.8 Å². The van der Waals surface area contributed by atoms with Gasteiger partial charge in [0.1, 0.15) is 28.7 Å². The number of rotatable bonds is 13. The molecule has 0 aliphatic heterocycles. The quantitative estimate of drug-likeness (QED) is 0.0895. The molecule has 0 unspecified atom stereocenters. The van der Waals surface area contributed by atoms with Gasteiger partial charge in [-0.2, -0.15) is 0 Å². The summed E-state index contributed by atoms with van der Waals surface area (Å²) in [5.41, 5.74) is 2.33. The third-order valence-electron chi connectivity index (χ3n) is 6.75. The zero-order valence-corrected chi connectivity index (χ0v) is 26.6. The van der Waals surface area contributed by atoms with Crippen molar-refractivity contribution in [3.8, 4) is 22.8 Å². The summed E-state index contributed by atoms with van der Waals surface area (Å²) in [5.74, 6) is 1.36. The highest BCUT2D eigenvalue weighted by Crippen LogP contribution is 2.31. The molecule has 47 heavy (non-hydrogen) atoms. The van der Waals surface area contributed by atoms with Crippen molar-refractivity contribution >= 4 is 46.9 Å². The number of thioether (sulfide) groups is 1. The molecule has 0 spiro atoms. The lowest BCUT2D eigenvalue weighted by Gasteiger charge is -2.11. The molecule has 1 aromatic heterocycles. The number of hydrogen-bond donors (Lipinski definition) is 3. The molecular weight excluding hydrogens is 614 g/mol. The summed E-state index contributed by atoms with van der Waals surface area (Å²) in [6, 6.07) is 33.8. The standard InChI is InChI=1S/C37H33N3O6S/c1-3-45-28-17-13-26(14-18-28)38-35(41)24-47-30-20-15-27(16-21-30)39-37(43)32(40-36(42)25-9-5-4-6-10-25)23-29-19-22-34(46-29)31-11-7-8-12-33(31)44-2/h4-23H,3,24H2,1-2H3,(H,38,41)(H,39,43)(H,40,42)/b32-23+. The van der Waals surface area contributed by atoms with Gasteiger partial charge in [0, 0.05) is 27.9 Å². The number of anilines is 2. The predicted molar refractivity (Wildman–Crippen MR) is 185 cm³/mol. The summed E-state index contributed by atoms with van der Waals surface area (Å²) >= 11 is 1.36. The molecule has 0 atom stereocenters. The molecule has 3 amide bonds. The maximum absolute atomic E-state index is 13.5. The van der Waals surface area contributed by atoms with E-state index in [0.29, 0.717) is 40.8 Å². The molecule has 0 radical (unpaired) electrons. The SMILES string of the molecule is CCOc1ccc(NC(=O)CSc2ccc(NC(=O)/C(=C\c3ccc(-c4ccccc4OC)o3)NC(=O)c3ccccc3)cc2)cc1. The van der Waals surface area contributed by atoms with Gasteiger partial charge < -0.3 is 29.8 Å². The van der Waals surface area contributed by atoms with Crippen LogP contribution >= 0.6 is 11.8 Å². The molecule has 0 fully saturated rings. The number of para-hydroxylation sites is 1. The highest BCUT2D eigenvalue weighted by molar-refractivity contribution is 8.00. The smallest absolute Gasteiger partial charge is 0.272 e. The molecule has 4 aromatic carbocycles. The second-order valence-corrected chi connectivity index (χ2v) is 11.1. The second kappa shape index (κ2) is 16.0. The van der Waals surface area contributed by atoms with E-state index in [1.165, 1.54) is 17.8 Å². The van der Waals surface area contributed by atoms with Crippen LogP contribution < -0.4 is 25.4 Å². The molecule has 0 aliphatic rings. The number of benzene rings is 4. The minimum Gasteiger partial charge on any atom is -0.496 e. The number of furan rings is 1. The molecule has 5 aromatic rings. The molecule has 1 heterocycles. The van der Waals surface area contributed by atoms with Crippen molar-refractivity contribution < 1.29 is 28.3 Å². The van der Waals surface area contributed by atoms with E-state index >= 15 is 0 Å². The van der Waals surface area contributed by atoms with Crippen LogP contribution in [0.1, 0.15) is 23.0 Å². The van der Waals surface area contributed by atoms with Gasteiger partial charge in [0.2, 0.25) is 5.91 Å². The number of amides is 3. The summed E-state index contributed by atoms with van der Waals surface area (Å²) < 4.78 is 16.9. The lowest BCUT2D eigenvalue weighted by Crippen LogP contribution is -2.30. The Morgan fingerprint density at radius 1 is 0.787 bits per heavy atom. The third kappa shape index (κ3) is 9.15. The third-order valence-corrected chi connectivity index (χ3v) is 7.76. The molecule has 10 heteroatoms. The zero-order chi connectivity index (χ0) is 33.0. The fourth-order valence-electron chi connectivity index (χ4n) is 4.49. The fraction of sp³-hybridized carbons (Fsp3) is 0.108. The number of carbonyl (C=O) groups is 3. The lowest BCUT2D eigenvalue weighted by molar-refractivity contribution is -0.114. The average molecular weight is 648 g/mol. The van der Waals surface area contributed by atoms with Gasteiger partial charge in [-0.1, -0.05) is 30.3 Å². The summed E-state index contributed by atoms with van der Waals surface area (Å²) in [6.45, 7) is 2.49. The molecule has 0 saturated carbocycles. The second-order valence-electron chi connectivity index (χ2n) is 10.1. The van der Waals surface area contributed by atoms with Crippen LogP contribution in [-0.4, -0.2) is 37.2 Å². The van der Waals surface area contributed by atoms with E-state index in [1.54, 1.807) is 86.0 Å². The Bertz CT molecular complexity index is 1850. The Labute approximate surface area is 277 Å². The van der Waals surface area contributed by atoms with E-state index in [2.05, 4.69) is 16.0 Å². The monoisotopic (exact) mass is 647 g/mol. The Kier molecular flexibility index (Phi) is 11.1. The van der Waals surface area contributed by atoms with Crippen LogP contribution in [0.4, 0.5) is 11.4 Å². The minimum atomic E-state index is -0.542. The normalized spacial score (nSPS) is 11.0. The highest BCUT2D eigenvalue weighted by atomic mass is 32.2. The van der Waals surface area contributed by atoms with Gasteiger partial charge in [0.15, 0.2) is 0 Å². The Balaban J connectivity index is 1.25. The topological polar surface area (TPSA) is 119 Å². The summed E-state index contributed by atoms with van der Waals surface area (Å²) in [4.78, 5) is 39.8. The number of methoxy groups -OCH3 is 1. The van der Waals surface area contributed by atoms with Gasteiger partial charge in [-0.15, -0.1) is 11.8 Å². The van der Waals surface area contributed by atoms with Crippen molar-refractivity contribution in [3.63, 3.8) is 0 Å². The molecule has 0 aliphatic carbocycles. The number of carbonyl (C=O) groups excluding carboxylic acids is 3. The van der Waals surface area contributed by atoms with Crippen molar-refractivity contribution in [1.29, 1.82) is 0 Å². The predicted octanol–water partition coefficient (Wildman–Crippen LogP) is 7.49. The minimum absolute atomic E-state index is 0.0100. The van der Waals surface area contributed by atoms with Crippen LogP contribution in [-0.2, 0) is 9.59 Å². The van der Waals surface area contributed by atoms with Crippen LogP contribution in [0, 0.1) is 0 Å². The largest absolute Gasteiger partial charge is 0.496 e. The average Bonchev–Trinajstić information content (AvgIpc) is 3.57. The highest BCUT2D eigenvalue weighted by Gasteiger charge is 2.17. The van der Waals surface area contributed by atoms with Gasteiger partial charge >= 0.3 is 0 Å². The van der Waals surface area contributed by atoms with Gasteiger partial charge in [-0.25, -0.2) is 0 Å². The molecular formula is C37H33N3O6S. The number of nitrogens with one attached hydrogen (secondary N) is 3. The van der Waals surface area contributed by atoms with Gasteiger partial charge in [0.25, 0.3) is 11.8 Å². The van der Waals surface area contributed by atoms with Gasteiger partial charge in [-0.3, -0.25) is 14.4 Å². The zero-order valence-electron chi connectivity index (χ0n) is 25.8. The Morgan fingerprint density at radius 3 is 2.19 bits per heavy atom. The summed E-state index contributed by atoms with van der Waals surface area (Å²) in [5, 5.41) is 8.42. The van der Waals surface area contributed by atoms with Gasteiger partial charge in [-0.05, 0) is 91.9 Å². The van der Waals surface area contributed by atoms with Crippen LogP contribution in [0.3, 0.4) is 0 Å². The maximum Gasteiger partial charge on any atom is 0.272 e. The Morgan fingerprint density at radius 2 is 1.47 bits per heavy atom. The first-order chi connectivity index (χ1) is 22.9. The van der Waals surface area contributed by atoms with E-state index in [1.807, 2.05) is 43.3 Å². The summed E-state index contributed by atoms with van der Waals surface area (Å²) in [7, 11) is 1.58. The van der Waals surface area contributed by atoms with Gasteiger partial charge in [0.05, 0.1) is 25.0 Å². The summed E-state index contributed by atoms with van der Waals surface area (Å²) in [6.07, 6.45) is 1.47. The van der Waals surface area contributed by atoms with Crippen LogP contribution in [0.15, 0.2) is 130 Å². The molecule has 238 valence electrons. The Hall–Kier alpha value is -5.74.